The molecule has 0 aliphatic heterocycles. The average molecular weight is 229 g/mol. The number of hydrogen-bond donors (Lipinski definition) is 0. The van der Waals surface area contributed by atoms with E-state index in [0.717, 1.165) is 18.5 Å². The minimum absolute atomic E-state index is 0.0700. The Kier molecular flexibility index (Phi) is 2.88. The van der Waals surface area contributed by atoms with Gasteiger partial charge in [-0.2, -0.15) is 13.2 Å². The van der Waals surface area contributed by atoms with Gasteiger partial charge in [0.1, 0.15) is 7.11 Å². The Labute approximate surface area is 91.4 Å². The number of aromatic nitrogens is 1. The van der Waals surface area contributed by atoms with E-state index in [9.17, 15) is 13.2 Å². The van der Waals surface area contributed by atoms with Crippen LogP contribution >= 0.6 is 0 Å². The highest BCUT2D eigenvalue weighted by Crippen LogP contribution is 2.40. The molecule has 1 aromatic heterocycles. The average Bonchev–Trinajstić information content (AvgIpc) is 3.01. The minimum atomic E-state index is -4.52. The molecule has 86 valence electrons. The summed E-state index contributed by atoms with van der Waals surface area (Å²) in [5, 5.41) is 0. The highest BCUT2D eigenvalue weighted by atomic mass is 19.4. The second-order valence-corrected chi connectivity index (χ2v) is 3.85. The van der Waals surface area contributed by atoms with Crippen LogP contribution in [0.1, 0.15) is 36.1 Å². The van der Waals surface area contributed by atoms with Gasteiger partial charge in [0.2, 0.25) is 0 Å². The van der Waals surface area contributed by atoms with Gasteiger partial charge in [-0.05, 0) is 18.9 Å². The van der Waals surface area contributed by atoms with Crippen LogP contribution in [0.25, 0.3) is 0 Å². The lowest BCUT2D eigenvalue weighted by molar-refractivity contribution is -0.210. The predicted octanol–water partition coefficient (Wildman–Crippen LogP) is 3.25. The molecule has 1 heterocycles. The van der Waals surface area contributed by atoms with E-state index in [1.54, 1.807) is 6.07 Å². The van der Waals surface area contributed by atoms with E-state index in [1.165, 1.54) is 12.3 Å². The highest BCUT2D eigenvalue weighted by Gasteiger charge is 2.41. The molecule has 1 aliphatic rings. The summed E-state index contributed by atoms with van der Waals surface area (Å²) in [4.78, 5) is 3.99. The largest absolute Gasteiger partial charge is 0.418 e. The first-order chi connectivity index (χ1) is 7.52. The third-order valence-electron chi connectivity index (χ3n) is 2.54. The van der Waals surface area contributed by atoms with Crippen molar-refractivity contribution in [2.75, 3.05) is 0 Å². The van der Waals surface area contributed by atoms with Gasteiger partial charge in [0.05, 0.1) is 0 Å². The fourth-order valence-corrected chi connectivity index (χ4v) is 1.54. The Bertz CT molecular complexity index is 356. The fraction of sp³-hybridized carbons (Fsp3) is 0.455. The molecule has 16 heavy (non-hydrogen) atoms. The Morgan fingerprint density at radius 2 is 2.06 bits per heavy atom. The highest BCUT2D eigenvalue weighted by molar-refractivity contribution is 5.22. The van der Waals surface area contributed by atoms with Crippen molar-refractivity contribution in [3.05, 3.63) is 36.7 Å². The van der Waals surface area contributed by atoms with Crippen molar-refractivity contribution in [2.45, 2.75) is 31.0 Å². The molecule has 5 heteroatoms. The molecular formula is C11H10F3NO. The standard InChI is InChI=1S/C11H10F3NO/c1-16-10(11(12,13)14)8-4-5-9(15-6-8)7-2-3-7/h1,4-7,10H,2-3H2. The van der Waals surface area contributed by atoms with Gasteiger partial charge in [-0.3, -0.25) is 4.98 Å². The fourth-order valence-electron chi connectivity index (χ4n) is 1.54. The molecule has 2 nitrogen and oxygen atoms in total. The van der Waals surface area contributed by atoms with Crippen LogP contribution in [-0.4, -0.2) is 11.2 Å². The SMILES string of the molecule is [CH]OC(c1ccc(C2CC2)nc1)C(F)(F)F. The van der Waals surface area contributed by atoms with Crippen molar-refractivity contribution in [1.82, 2.24) is 4.98 Å². The lowest BCUT2D eigenvalue weighted by atomic mass is 10.1. The van der Waals surface area contributed by atoms with Crippen LogP contribution in [0.3, 0.4) is 0 Å². The predicted molar refractivity (Wildman–Crippen MR) is 50.4 cm³/mol. The number of rotatable bonds is 3. The molecule has 0 amide bonds. The van der Waals surface area contributed by atoms with Crippen molar-refractivity contribution >= 4 is 0 Å². The van der Waals surface area contributed by atoms with Crippen LogP contribution < -0.4 is 0 Å². The van der Waals surface area contributed by atoms with Crippen LogP contribution in [0.4, 0.5) is 13.2 Å². The van der Waals surface area contributed by atoms with E-state index in [-0.39, 0.29) is 5.56 Å². The maximum atomic E-state index is 12.4. The lowest BCUT2D eigenvalue weighted by Crippen LogP contribution is -2.22. The molecule has 0 saturated heterocycles. The smallest absolute Gasteiger partial charge is 0.355 e. The molecule has 1 atom stereocenters. The zero-order valence-electron chi connectivity index (χ0n) is 8.37. The van der Waals surface area contributed by atoms with Gasteiger partial charge in [0.25, 0.3) is 0 Å². The molecule has 0 N–H and O–H groups in total. The van der Waals surface area contributed by atoms with Gasteiger partial charge in [-0.1, -0.05) is 6.07 Å². The molecule has 1 aliphatic carbocycles. The monoisotopic (exact) mass is 229 g/mol. The van der Waals surface area contributed by atoms with E-state index in [4.69, 9.17) is 0 Å². The van der Waals surface area contributed by atoms with Gasteiger partial charge in [0, 0.05) is 23.4 Å². The molecular weight excluding hydrogens is 219 g/mol. The normalized spacial score (nSPS) is 18.5. The van der Waals surface area contributed by atoms with Crippen molar-refractivity contribution in [2.24, 2.45) is 0 Å². The van der Waals surface area contributed by atoms with E-state index >= 15 is 0 Å². The van der Waals surface area contributed by atoms with Crippen LogP contribution in [0.5, 0.6) is 0 Å². The van der Waals surface area contributed by atoms with E-state index in [2.05, 4.69) is 16.8 Å². The summed E-state index contributed by atoms with van der Waals surface area (Å²) >= 11 is 0. The van der Waals surface area contributed by atoms with Gasteiger partial charge >= 0.3 is 6.18 Å². The zero-order valence-corrected chi connectivity index (χ0v) is 8.37. The number of ether oxygens (including phenoxy) is 1. The van der Waals surface area contributed by atoms with Crippen LogP contribution in [0.15, 0.2) is 18.3 Å². The molecule has 1 unspecified atom stereocenters. The van der Waals surface area contributed by atoms with Crippen LogP contribution in [0.2, 0.25) is 0 Å². The molecule has 1 aromatic rings. The first-order valence-corrected chi connectivity index (χ1v) is 4.90. The van der Waals surface area contributed by atoms with Crippen molar-refractivity contribution in [3.63, 3.8) is 0 Å². The molecule has 2 rings (SSSR count). The summed E-state index contributed by atoms with van der Waals surface area (Å²) in [5.74, 6) is 0.414. The van der Waals surface area contributed by atoms with Gasteiger partial charge in [0.15, 0.2) is 6.10 Å². The second kappa shape index (κ2) is 4.05. The third-order valence-corrected chi connectivity index (χ3v) is 2.54. The first kappa shape index (κ1) is 11.4. The Morgan fingerprint density at radius 3 is 2.44 bits per heavy atom. The zero-order chi connectivity index (χ0) is 11.8. The van der Waals surface area contributed by atoms with Crippen LogP contribution in [0, 0.1) is 7.11 Å². The van der Waals surface area contributed by atoms with E-state index < -0.39 is 12.3 Å². The van der Waals surface area contributed by atoms with Crippen molar-refractivity contribution < 1.29 is 17.9 Å². The van der Waals surface area contributed by atoms with E-state index in [1.807, 2.05) is 0 Å². The Hall–Kier alpha value is -1.10. The summed E-state index contributed by atoms with van der Waals surface area (Å²) in [6.07, 6.45) is -3.32. The Balaban J connectivity index is 2.18. The number of nitrogens with zero attached hydrogens (tertiary/aromatic N) is 1. The maximum absolute atomic E-state index is 12.4. The molecule has 1 saturated carbocycles. The second-order valence-electron chi connectivity index (χ2n) is 3.85. The van der Waals surface area contributed by atoms with Crippen LogP contribution in [-0.2, 0) is 4.74 Å². The molecule has 1 fully saturated rings. The minimum Gasteiger partial charge on any atom is -0.355 e. The molecule has 0 bridgehead atoms. The number of halogens is 3. The van der Waals surface area contributed by atoms with Gasteiger partial charge < -0.3 is 4.74 Å². The van der Waals surface area contributed by atoms with Crippen molar-refractivity contribution in [1.29, 1.82) is 0 Å². The summed E-state index contributed by atoms with van der Waals surface area (Å²) in [5.41, 5.74) is 0.765. The number of alkyl halides is 3. The summed E-state index contributed by atoms with van der Waals surface area (Å²) < 4.78 is 41.3. The Morgan fingerprint density at radius 1 is 1.38 bits per heavy atom. The van der Waals surface area contributed by atoms with Crippen molar-refractivity contribution in [3.8, 4) is 0 Å². The topological polar surface area (TPSA) is 22.1 Å². The summed E-state index contributed by atoms with van der Waals surface area (Å²) in [7, 11) is 4.65. The third kappa shape index (κ3) is 2.35. The van der Waals surface area contributed by atoms with Gasteiger partial charge in [-0.25, -0.2) is 0 Å². The summed E-state index contributed by atoms with van der Waals surface area (Å²) in [6, 6.07) is 2.97. The quantitative estimate of drug-likeness (QED) is 0.793. The first-order valence-electron chi connectivity index (χ1n) is 4.90. The maximum Gasteiger partial charge on any atom is 0.418 e. The molecule has 0 aromatic carbocycles. The lowest BCUT2D eigenvalue weighted by Gasteiger charge is -2.18. The molecule has 2 radical (unpaired) electrons. The number of hydrogen-bond acceptors (Lipinski definition) is 2. The molecule has 0 spiro atoms. The van der Waals surface area contributed by atoms with E-state index in [0.29, 0.717) is 5.92 Å². The number of pyridine rings is 1. The summed E-state index contributed by atoms with van der Waals surface area (Å²) in [6.45, 7) is 0. The van der Waals surface area contributed by atoms with Gasteiger partial charge in [-0.15, -0.1) is 0 Å².